The topological polar surface area (TPSA) is 66.0 Å². The highest BCUT2D eigenvalue weighted by Gasteiger charge is 2.28. The molecule has 1 fully saturated rings. The third-order valence-corrected chi connectivity index (χ3v) is 4.22. The van der Waals surface area contributed by atoms with Crippen LogP contribution < -0.4 is 10.6 Å². The number of nitrogens with one attached hydrogen (secondary N) is 2. The molecule has 1 heterocycles. The fourth-order valence-corrected chi connectivity index (χ4v) is 2.96. The summed E-state index contributed by atoms with van der Waals surface area (Å²) < 4.78 is 19.2. The van der Waals surface area contributed by atoms with Gasteiger partial charge >= 0.3 is 0 Å². The summed E-state index contributed by atoms with van der Waals surface area (Å²) in [6.45, 7) is 6.59. The monoisotopic (exact) mass is 492 g/mol. The van der Waals surface area contributed by atoms with Crippen LogP contribution in [0.3, 0.4) is 0 Å². The Kier molecular flexibility index (Phi) is 10.6. The van der Waals surface area contributed by atoms with E-state index in [1.54, 1.807) is 19.2 Å². The first kappa shape index (κ1) is 23.6. The van der Waals surface area contributed by atoms with Crippen molar-refractivity contribution in [2.24, 2.45) is 4.99 Å². The molecule has 2 unspecified atom stereocenters. The maximum Gasteiger partial charge on any atom is 0.221 e. The quantitative estimate of drug-likeness (QED) is 0.364. The molecule has 2 atom stereocenters. The molecular weight excluding hydrogens is 462 g/mol. The molecule has 0 aromatic heterocycles. The zero-order chi connectivity index (χ0) is 18.9. The minimum Gasteiger partial charge on any atom is -0.367 e. The molecule has 1 saturated heterocycles. The van der Waals surface area contributed by atoms with Crippen LogP contribution in [0.1, 0.15) is 38.4 Å². The van der Waals surface area contributed by atoms with E-state index in [1.807, 2.05) is 13.8 Å². The summed E-state index contributed by atoms with van der Waals surface area (Å²) in [6.07, 6.45) is 1.20. The Morgan fingerprint density at radius 1 is 1.26 bits per heavy atom. The van der Waals surface area contributed by atoms with E-state index in [9.17, 15) is 9.18 Å². The number of carbonyl (C=O) groups is 1. The maximum atomic E-state index is 13.2. The molecular formula is C19H30FIN4O2. The largest absolute Gasteiger partial charge is 0.367 e. The SMILES string of the molecule is CCCNC(=O)CCNC(=NC)N1CC(C)OC(c2ccc(F)cc2)C1.I. The highest BCUT2D eigenvalue weighted by atomic mass is 127. The van der Waals surface area contributed by atoms with Gasteiger partial charge in [-0.25, -0.2) is 4.39 Å². The van der Waals surface area contributed by atoms with Crippen molar-refractivity contribution >= 4 is 35.8 Å². The predicted octanol–water partition coefficient (Wildman–Crippen LogP) is 2.70. The second-order valence-electron chi connectivity index (χ2n) is 6.47. The van der Waals surface area contributed by atoms with E-state index in [-0.39, 0.29) is 47.9 Å². The Hall–Kier alpha value is -1.42. The van der Waals surface area contributed by atoms with Crippen LogP contribution in [0.25, 0.3) is 0 Å². The Morgan fingerprint density at radius 3 is 2.59 bits per heavy atom. The minimum atomic E-state index is -0.256. The standard InChI is InChI=1S/C19H29FN4O2.HI/c1-4-10-22-18(25)9-11-23-19(21-3)24-12-14(2)26-17(13-24)15-5-7-16(20)8-6-15;/h5-8,14,17H,4,9-13H2,1-3H3,(H,21,23)(H,22,25);1H. The van der Waals surface area contributed by atoms with Crippen molar-refractivity contribution in [3.8, 4) is 0 Å². The molecule has 2 rings (SSSR count). The van der Waals surface area contributed by atoms with Crippen molar-refractivity contribution in [1.82, 2.24) is 15.5 Å². The zero-order valence-corrected chi connectivity index (χ0v) is 18.5. The van der Waals surface area contributed by atoms with E-state index in [4.69, 9.17) is 4.74 Å². The average molecular weight is 492 g/mol. The van der Waals surface area contributed by atoms with E-state index in [1.165, 1.54) is 12.1 Å². The van der Waals surface area contributed by atoms with Crippen molar-refractivity contribution in [2.75, 3.05) is 33.2 Å². The number of benzene rings is 1. The van der Waals surface area contributed by atoms with Gasteiger partial charge in [-0.3, -0.25) is 9.79 Å². The minimum absolute atomic E-state index is 0. The van der Waals surface area contributed by atoms with Gasteiger partial charge in [0.25, 0.3) is 0 Å². The Labute approximate surface area is 178 Å². The van der Waals surface area contributed by atoms with Gasteiger partial charge in [0.1, 0.15) is 11.9 Å². The van der Waals surface area contributed by atoms with Crippen LogP contribution in [-0.4, -0.2) is 56.1 Å². The van der Waals surface area contributed by atoms with E-state index in [0.29, 0.717) is 32.6 Å². The molecule has 27 heavy (non-hydrogen) atoms. The van der Waals surface area contributed by atoms with Crippen LogP contribution in [0.5, 0.6) is 0 Å². The lowest BCUT2D eigenvalue weighted by Crippen LogP contribution is -2.51. The molecule has 1 aromatic carbocycles. The lowest BCUT2D eigenvalue weighted by molar-refractivity contribution is -0.120. The average Bonchev–Trinajstić information content (AvgIpc) is 2.63. The first-order chi connectivity index (χ1) is 12.5. The first-order valence-corrected chi connectivity index (χ1v) is 9.16. The number of morpholine rings is 1. The van der Waals surface area contributed by atoms with Crippen molar-refractivity contribution in [1.29, 1.82) is 0 Å². The van der Waals surface area contributed by atoms with Gasteiger partial charge in [-0.2, -0.15) is 0 Å². The number of hydrogen-bond donors (Lipinski definition) is 2. The van der Waals surface area contributed by atoms with Gasteiger partial charge in [0, 0.05) is 33.1 Å². The van der Waals surface area contributed by atoms with E-state index >= 15 is 0 Å². The summed E-state index contributed by atoms with van der Waals surface area (Å²) >= 11 is 0. The predicted molar refractivity (Wildman–Crippen MR) is 116 cm³/mol. The third kappa shape index (κ3) is 7.61. The third-order valence-electron chi connectivity index (χ3n) is 4.22. The van der Waals surface area contributed by atoms with Gasteiger partial charge in [0.2, 0.25) is 5.91 Å². The van der Waals surface area contributed by atoms with Gasteiger partial charge < -0.3 is 20.3 Å². The molecule has 6 nitrogen and oxygen atoms in total. The maximum absolute atomic E-state index is 13.2. The van der Waals surface area contributed by atoms with Crippen LogP contribution in [0, 0.1) is 5.82 Å². The molecule has 0 spiro atoms. The van der Waals surface area contributed by atoms with Crippen LogP contribution in [0.2, 0.25) is 0 Å². The van der Waals surface area contributed by atoms with Crippen molar-refractivity contribution in [3.05, 3.63) is 35.6 Å². The Morgan fingerprint density at radius 2 is 1.96 bits per heavy atom. The van der Waals surface area contributed by atoms with Crippen molar-refractivity contribution in [2.45, 2.75) is 38.9 Å². The van der Waals surface area contributed by atoms with Crippen LogP contribution >= 0.6 is 24.0 Å². The molecule has 0 saturated carbocycles. The normalized spacial score (nSPS) is 20.0. The molecule has 1 aliphatic heterocycles. The molecule has 8 heteroatoms. The second kappa shape index (κ2) is 12.1. The number of aliphatic imine (C=N–C) groups is 1. The summed E-state index contributed by atoms with van der Waals surface area (Å²) in [5, 5.41) is 6.11. The summed E-state index contributed by atoms with van der Waals surface area (Å²) in [5.74, 6) is 0.526. The van der Waals surface area contributed by atoms with Crippen LogP contribution in [0.15, 0.2) is 29.3 Å². The first-order valence-electron chi connectivity index (χ1n) is 9.16. The molecule has 0 radical (unpaired) electrons. The number of guanidine groups is 1. The van der Waals surface area contributed by atoms with Crippen LogP contribution in [-0.2, 0) is 9.53 Å². The number of amides is 1. The fraction of sp³-hybridized carbons (Fsp3) is 0.579. The van der Waals surface area contributed by atoms with Gasteiger partial charge in [0.15, 0.2) is 5.96 Å². The number of carbonyl (C=O) groups excluding carboxylic acids is 1. The molecule has 1 aliphatic rings. The van der Waals surface area contributed by atoms with Gasteiger partial charge in [-0.1, -0.05) is 19.1 Å². The van der Waals surface area contributed by atoms with Gasteiger partial charge in [-0.15, -0.1) is 24.0 Å². The zero-order valence-electron chi connectivity index (χ0n) is 16.2. The smallest absolute Gasteiger partial charge is 0.221 e. The molecule has 2 N–H and O–H groups in total. The fourth-order valence-electron chi connectivity index (χ4n) is 2.96. The van der Waals surface area contributed by atoms with Crippen molar-refractivity contribution < 1.29 is 13.9 Å². The van der Waals surface area contributed by atoms with E-state index in [2.05, 4.69) is 20.5 Å². The lowest BCUT2D eigenvalue weighted by Gasteiger charge is -2.38. The molecule has 1 amide bonds. The van der Waals surface area contributed by atoms with Gasteiger partial charge in [-0.05, 0) is 31.0 Å². The number of rotatable bonds is 6. The number of ether oxygens (including phenoxy) is 1. The summed E-state index contributed by atoms with van der Waals surface area (Å²) in [5.41, 5.74) is 0.942. The Bertz CT molecular complexity index is 612. The second-order valence-corrected chi connectivity index (χ2v) is 6.47. The molecule has 0 aliphatic carbocycles. The molecule has 1 aromatic rings. The number of nitrogens with zero attached hydrogens (tertiary/aromatic N) is 2. The van der Waals surface area contributed by atoms with E-state index < -0.39 is 0 Å². The Balaban J connectivity index is 0.00000364. The van der Waals surface area contributed by atoms with Crippen LogP contribution in [0.4, 0.5) is 4.39 Å². The molecule has 152 valence electrons. The van der Waals surface area contributed by atoms with Gasteiger partial charge in [0.05, 0.1) is 12.6 Å². The summed E-state index contributed by atoms with van der Waals surface area (Å²) in [4.78, 5) is 18.2. The highest BCUT2D eigenvalue weighted by Crippen LogP contribution is 2.25. The summed E-state index contributed by atoms with van der Waals surface area (Å²) in [7, 11) is 1.73. The number of hydrogen-bond acceptors (Lipinski definition) is 3. The van der Waals surface area contributed by atoms with Crippen molar-refractivity contribution in [3.63, 3.8) is 0 Å². The lowest BCUT2D eigenvalue weighted by atomic mass is 10.1. The highest BCUT2D eigenvalue weighted by molar-refractivity contribution is 14.0. The van der Waals surface area contributed by atoms with E-state index in [0.717, 1.165) is 17.9 Å². The summed E-state index contributed by atoms with van der Waals surface area (Å²) in [6, 6.07) is 6.41. The molecule has 0 bridgehead atoms. The number of halogens is 2.